The van der Waals surface area contributed by atoms with Gasteiger partial charge in [-0.15, -0.1) is 0 Å². The van der Waals surface area contributed by atoms with E-state index < -0.39 is 18.3 Å². The van der Waals surface area contributed by atoms with Gasteiger partial charge in [-0.05, 0) is 6.92 Å². The largest absolute Gasteiger partial charge is 0.388 e. The molecule has 66 valence electrons. The zero-order valence-electron chi connectivity index (χ0n) is 6.73. The third-order valence-corrected chi connectivity index (χ3v) is 2.00. The van der Waals surface area contributed by atoms with Gasteiger partial charge in [0, 0.05) is 7.11 Å². The van der Waals surface area contributed by atoms with E-state index in [0.29, 0.717) is 0 Å². The van der Waals surface area contributed by atoms with Crippen molar-refractivity contribution in [1.29, 1.82) is 0 Å². The summed E-state index contributed by atoms with van der Waals surface area (Å²) in [5.74, 6) is 0. The van der Waals surface area contributed by atoms with E-state index in [9.17, 15) is 10.2 Å². The first-order valence-electron chi connectivity index (χ1n) is 3.67. The third-order valence-electron chi connectivity index (χ3n) is 2.00. The normalized spacial score (nSPS) is 45.8. The van der Waals surface area contributed by atoms with Crippen molar-refractivity contribution in [2.75, 3.05) is 13.7 Å². The van der Waals surface area contributed by atoms with Gasteiger partial charge in [0.15, 0.2) is 0 Å². The summed E-state index contributed by atoms with van der Waals surface area (Å²) in [6.45, 7) is 1.99. The number of hydrogen-bond acceptors (Lipinski definition) is 4. The molecule has 0 spiro atoms. The van der Waals surface area contributed by atoms with Crippen molar-refractivity contribution in [3.05, 3.63) is 0 Å². The molecule has 0 aromatic rings. The summed E-state index contributed by atoms with van der Waals surface area (Å²) in [5.41, 5.74) is 0. The molecule has 11 heavy (non-hydrogen) atoms. The average molecular weight is 162 g/mol. The smallest absolute Gasteiger partial charge is 0.114 e. The lowest BCUT2D eigenvalue weighted by Gasteiger charge is -2.35. The minimum absolute atomic E-state index is 0.233. The van der Waals surface area contributed by atoms with E-state index in [-0.39, 0.29) is 12.7 Å². The summed E-state index contributed by atoms with van der Waals surface area (Å²) in [4.78, 5) is 0. The van der Waals surface area contributed by atoms with Gasteiger partial charge < -0.3 is 19.7 Å². The SMILES string of the molecule is CO[C@@H]1[C@@H](O)[C@H](C)OC[C@@H]1O. The summed E-state index contributed by atoms with van der Waals surface area (Å²) < 4.78 is 9.96. The minimum Gasteiger partial charge on any atom is -0.388 e. The van der Waals surface area contributed by atoms with Crippen molar-refractivity contribution < 1.29 is 19.7 Å². The summed E-state index contributed by atoms with van der Waals surface area (Å²) >= 11 is 0. The van der Waals surface area contributed by atoms with Crippen LogP contribution in [0, 0.1) is 0 Å². The van der Waals surface area contributed by atoms with E-state index in [2.05, 4.69) is 0 Å². The van der Waals surface area contributed by atoms with Crippen LogP contribution in [0.25, 0.3) is 0 Å². The van der Waals surface area contributed by atoms with Gasteiger partial charge in [-0.2, -0.15) is 0 Å². The Hall–Kier alpha value is -0.160. The van der Waals surface area contributed by atoms with Crippen molar-refractivity contribution in [3.8, 4) is 0 Å². The van der Waals surface area contributed by atoms with Gasteiger partial charge in [0.05, 0.1) is 12.7 Å². The molecule has 0 aromatic heterocycles. The fourth-order valence-electron chi connectivity index (χ4n) is 1.24. The van der Waals surface area contributed by atoms with Crippen LogP contribution in [0.15, 0.2) is 0 Å². The van der Waals surface area contributed by atoms with Gasteiger partial charge >= 0.3 is 0 Å². The molecule has 1 saturated heterocycles. The molecule has 4 atom stereocenters. The predicted octanol–water partition coefficient (Wildman–Crippen LogP) is -0.858. The number of aliphatic hydroxyl groups is 2. The molecule has 0 bridgehead atoms. The lowest BCUT2D eigenvalue weighted by atomic mass is 10.0. The fraction of sp³-hybridized carbons (Fsp3) is 1.00. The predicted molar refractivity (Wildman–Crippen MR) is 38.2 cm³/mol. The van der Waals surface area contributed by atoms with Crippen molar-refractivity contribution in [2.45, 2.75) is 31.3 Å². The van der Waals surface area contributed by atoms with Crippen molar-refractivity contribution >= 4 is 0 Å². The van der Waals surface area contributed by atoms with E-state index in [1.54, 1.807) is 6.92 Å². The Balaban J connectivity index is 2.55. The van der Waals surface area contributed by atoms with Crippen molar-refractivity contribution in [3.63, 3.8) is 0 Å². The molecule has 0 amide bonds. The number of rotatable bonds is 1. The first kappa shape index (κ1) is 8.93. The molecule has 0 aromatic carbocycles. The molecular weight excluding hydrogens is 148 g/mol. The van der Waals surface area contributed by atoms with Gasteiger partial charge in [-0.3, -0.25) is 0 Å². The second kappa shape index (κ2) is 3.49. The fourth-order valence-corrected chi connectivity index (χ4v) is 1.24. The van der Waals surface area contributed by atoms with Crippen molar-refractivity contribution in [1.82, 2.24) is 0 Å². The topological polar surface area (TPSA) is 58.9 Å². The summed E-state index contributed by atoms with van der Waals surface area (Å²) in [7, 11) is 1.47. The van der Waals surface area contributed by atoms with Gasteiger partial charge in [0.25, 0.3) is 0 Å². The standard InChI is InChI=1S/C7H14O4/c1-4-6(9)7(10-2)5(8)3-11-4/h4-9H,3H2,1-2H3/t4-,5-,6-,7-/m0/s1. The van der Waals surface area contributed by atoms with Crippen molar-refractivity contribution in [2.24, 2.45) is 0 Å². The Kier molecular flexibility index (Phi) is 2.84. The van der Waals surface area contributed by atoms with Crippen LogP contribution >= 0.6 is 0 Å². The Labute approximate surface area is 65.7 Å². The maximum atomic E-state index is 9.40. The number of ether oxygens (including phenoxy) is 2. The zero-order chi connectivity index (χ0) is 8.43. The number of hydrogen-bond donors (Lipinski definition) is 2. The molecule has 4 heteroatoms. The van der Waals surface area contributed by atoms with E-state index in [0.717, 1.165) is 0 Å². The molecule has 0 radical (unpaired) electrons. The highest BCUT2D eigenvalue weighted by Gasteiger charge is 2.36. The van der Waals surface area contributed by atoms with Gasteiger partial charge in [-0.25, -0.2) is 0 Å². The number of aliphatic hydroxyl groups excluding tert-OH is 2. The molecule has 1 aliphatic rings. The highest BCUT2D eigenvalue weighted by atomic mass is 16.5. The molecule has 4 nitrogen and oxygen atoms in total. The van der Waals surface area contributed by atoms with E-state index in [1.165, 1.54) is 7.11 Å². The Bertz CT molecular complexity index is 128. The van der Waals surface area contributed by atoms with E-state index in [4.69, 9.17) is 9.47 Å². The molecule has 2 N–H and O–H groups in total. The summed E-state index contributed by atoms with van der Waals surface area (Å²) in [6, 6.07) is 0. The number of methoxy groups -OCH3 is 1. The Morgan fingerprint density at radius 2 is 2.09 bits per heavy atom. The monoisotopic (exact) mass is 162 g/mol. The molecule has 0 saturated carbocycles. The third kappa shape index (κ3) is 1.70. The first-order valence-corrected chi connectivity index (χ1v) is 3.67. The molecule has 1 heterocycles. The lowest BCUT2D eigenvalue weighted by molar-refractivity contribution is -0.190. The second-order valence-electron chi connectivity index (χ2n) is 2.80. The maximum Gasteiger partial charge on any atom is 0.114 e. The molecule has 1 aliphatic heterocycles. The lowest BCUT2D eigenvalue weighted by Crippen LogP contribution is -2.52. The molecular formula is C7H14O4. The summed E-state index contributed by atoms with van der Waals surface area (Å²) in [5, 5.41) is 18.6. The van der Waals surface area contributed by atoms with Crippen LogP contribution in [-0.4, -0.2) is 48.3 Å². The molecule has 1 rings (SSSR count). The van der Waals surface area contributed by atoms with E-state index in [1.807, 2.05) is 0 Å². The molecule has 1 fully saturated rings. The summed E-state index contributed by atoms with van der Waals surface area (Å²) in [6.07, 6.45) is -2.22. The van der Waals surface area contributed by atoms with Crippen LogP contribution < -0.4 is 0 Å². The van der Waals surface area contributed by atoms with Crippen LogP contribution in [0.2, 0.25) is 0 Å². The van der Waals surface area contributed by atoms with Crippen LogP contribution in [0.5, 0.6) is 0 Å². The van der Waals surface area contributed by atoms with Crippen LogP contribution in [0.4, 0.5) is 0 Å². The Morgan fingerprint density at radius 3 is 2.55 bits per heavy atom. The van der Waals surface area contributed by atoms with Gasteiger partial charge in [0.2, 0.25) is 0 Å². The second-order valence-corrected chi connectivity index (χ2v) is 2.80. The molecule has 0 unspecified atom stereocenters. The highest BCUT2D eigenvalue weighted by Crippen LogP contribution is 2.16. The zero-order valence-corrected chi connectivity index (χ0v) is 6.73. The van der Waals surface area contributed by atoms with Crippen LogP contribution in [0.1, 0.15) is 6.92 Å². The minimum atomic E-state index is -0.733. The first-order chi connectivity index (χ1) is 5.16. The maximum absolute atomic E-state index is 9.40. The molecule has 0 aliphatic carbocycles. The quantitative estimate of drug-likeness (QED) is 0.527. The van der Waals surface area contributed by atoms with Gasteiger partial charge in [0.1, 0.15) is 18.3 Å². The van der Waals surface area contributed by atoms with Crippen LogP contribution in [0.3, 0.4) is 0 Å². The highest BCUT2D eigenvalue weighted by molar-refractivity contribution is 4.85. The Morgan fingerprint density at radius 1 is 1.45 bits per heavy atom. The average Bonchev–Trinajstić information content (AvgIpc) is 1.99. The van der Waals surface area contributed by atoms with Gasteiger partial charge in [-0.1, -0.05) is 0 Å². The van der Waals surface area contributed by atoms with E-state index >= 15 is 0 Å². The van der Waals surface area contributed by atoms with Crippen LogP contribution in [-0.2, 0) is 9.47 Å².